The molecular weight excluding hydrogens is 561 g/mol. The van der Waals surface area contributed by atoms with Gasteiger partial charge in [0.2, 0.25) is 0 Å². The topological polar surface area (TPSA) is 89.9 Å². The van der Waals surface area contributed by atoms with Crippen molar-refractivity contribution in [1.29, 1.82) is 0 Å². The lowest BCUT2D eigenvalue weighted by atomic mass is 10.0. The Bertz CT molecular complexity index is 1540. The van der Waals surface area contributed by atoms with E-state index in [0.29, 0.717) is 30.5 Å². The molecule has 10 nitrogen and oxygen atoms in total. The number of carbonyl (C=O) groups is 1. The average molecular weight is 599 g/mol. The first-order valence-corrected chi connectivity index (χ1v) is 14.0. The van der Waals surface area contributed by atoms with Crippen molar-refractivity contribution in [2.75, 3.05) is 49.5 Å². The lowest BCUT2D eigenvalue weighted by molar-refractivity contribution is -0.137. The quantitative estimate of drug-likeness (QED) is 0.362. The van der Waals surface area contributed by atoms with Crippen LogP contribution < -0.4 is 30.9 Å². The molecule has 13 heteroatoms. The summed E-state index contributed by atoms with van der Waals surface area (Å²) >= 11 is 0. The lowest BCUT2D eigenvalue weighted by Gasteiger charge is -2.37. The zero-order valence-corrected chi connectivity index (χ0v) is 25.1. The van der Waals surface area contributed by atoms with Gasteiger partial charge in [-0.15, -0.1) is 5.53 Å². The second kappa shape index (κ2) is 11.8. The molecule has 0 bridgehead atoms. The number of methoxy groups -OCH3 is 1. The number of benzene rings is 2. The summed E-state index contributed by atoms with van der Waals surface area (Å²) in [4.78, 5) is 17.5. The number of alkyl halides is 3. The van der Waals surface area contributed by atoms with Crippen molar-refractivity contribution in [2.24, 2.45) is 7.05 Å². The summed E-state index contributed by atoms with van der Waals surface area (Å²) < 4.78 is 49.5. The molecule has 2 aliphatic heterocycles. The first kappa shape index (κ1) is 30.2. The maximum atomic E-state index is 14.0. The number of rotatable bonds is 7. The number of aryl methyl sites for hydroxylation is 2. The molecule has 1 amide bonds. The van der Waals surface area contributed by atoms with Crippen molar-refractivity contribution in [3.8, 4) is 5.75 Å². The Labute approximate surface area is 249 Å². The number of hydrazine groups is 2. The van der Waals surface area contributed by atoms with Crippen molar-refractivity contribution in [1.82, 2.24) is 25.6 Å². The molecule has 0 aliphatic carbocycles. The van der Waals surface area contributed by atoms with E-state index in [1.165, 1.54) is 7.11 Å². The highest BCUT2D eigenvalue weighted by molar-refractivity contribution is 6.06. The third kappa shape index (κ3) is 6.13. The summed E-state index contributed by atoms with van der Waals surface area (Å²) in [6.45, 7) is 5.00. The summed E-state index contributed by atoms with van der Waals surface area (Å²) in [6.07, 6.45) is 0.615. The third-order valence-electron chi connectivity index (χ3n) is 8.21. The van der Waals surface area contributed by atoms with Crippen molar-refractivity contribution in [2.45, 2.75) is 38.9 Å². The van der Waals surface area contributed by atoms with Crippen LogP contribution in [0.3, 0.4) is 0 Å². The monoisotopic (exact) mass is 598 g/mol. The van der Waals surface area contributed by atoms with Gasteiger partial charge in [-0.25, -0.2) is 0 Å². The predicted octanol–water partition coefficient (Wildman–Crippen LogP) is 4.67. The number of carbonyl (C=O) groups excluding carboxylic acids is 1. The van der Waals surface area contributed by atoms with Crippen LogP contribution in [0, 0.1) is 13.8 Å². The van der Waals surface area contributed by atoms with Gasteiger partial charge >= 0.3 is 6.18 Å². The molecule has 230 valence electrons. The van der Waals surface area contributed by atoms with Gasteiger partial charge in [0.15, 0.2) is 5.75 Å². The van der Waals surface area contributed by atoms with Crippen LogP contribution in [-0.2, 0) is 13.2 Å². The molecule has 0 saturated carbocycles. The van der Waals surface area contributed by atoms with Gasteiger partial charge in [0.1, 0.15) is 0 Å². The molecule has 0 spiro atoms. The first-order valence-electron chi connectivity index (χ1n) is 14.0. The van der Waals surface area contributed by atoms with Gasteiger partial charge in [-0.1, -0.05) is 6.07 Å². The molecule has 2 aliphatic rings. The SMILES string of the molecule is COc1c(NC(=O)c2ccc(C)c(N3C=C(c4cnn(C)c4C)NN3)c2)cc(C(F)(F)F)cc1N1CCC(N(C)C)CC1. The van der Waals surface area contributed by atoms with E-state index in [1.54, 1.807) is 34.1 Å². The zero-order valence-electron chi connectivity index (χ0n) is 25.1. The van der Waals surface area contributed by atoms with E-state index in [1.807, 2.05) is 46.1 Å². The number of halogens is 3. The van der Waals surface area contributed by atoms with E-state index >= 15 is 0 Å². The summed E-state index contributed by atoms with van der Waals surface area (Å²) in [6, 6.07) is 7.50. The molecule has 2 aromatic carbocycles. The Morgan fingerprint density at radius 1 is 1.12 bits per heavy atom. The molecule has 3 aromatic rings. The Kier molecular flexibility index (Phi) is 8.30. The molecule has 0 unspecified atom stereocenters. The van der Waals surface area contributed by atoms with Gasteiger partial charge < -0.3 is 25.3 Å². The van der Waals surface area contributed by atoms with Gasteiger partial charge in [0.25, 0.3) is 5.91 Å². The minimum Gasteiger partial charge on any atom is -0.492 e. The van der Waals surface area contributed by atoms with Crippen LogP contribution in [0.2, 0.25) is 0 Å². The molecule has 43 heavy (non-hydrogen) atoms. The number of hydrogen-bond acceptors (Lipinski definition) is 8. The van der Waals surface area contributed by atoms with Gasteiger partial charge in [0, 0.05) is 49.2 Å². The van der Waals surface area contributed by atoms with E-state index in [2.05, 4.69) is 26.3 Å². The highest BCUT2D eigenvalue weighted by atomic mass is 19.4. The maximum absolute atomic E-state index is 14.0. The van der Waals surface area contributed by atoms with Crippen LogP contribution in [0.25, 0.3) is 5.70 Å². The van der Waals surface area contributed by atoms with Crippen molar-refractivity contribution in [3.63, 3.8) is 0 Å². The molecule has 3 heterocycles. The molecule has 0 atom stereocenters. The largest absolute Gasteiger partial charge is 0.492 e. The third-order valence-corrected chi connectivity index (χ3v) is 8.21. The van der Waals surface area contributed by atoms with Gasteiger partial charge in [-0.05, 0) is 70.6 Å². The summed E-state index contributed by atoms with van der Waals surface area (Å²) in [5.41, 5.74) is 10.2. The second-order valence-corrected chi connectivity index (χ2v) is 11.1. The van der Waals surface area contributed by atoms with E-state index in [-0.39, 0.29) is 17.0 Å². The fraction of sp³-hybridized carbons (Fsp3) is 0.400. The highest BCUT2D eigenvalue weighted by Crippen LogP contribution is 2.43. The number of amides is 1. The van der Waals surface area contributed by atoms with Crippen molar-refractivity contribution in [3.05, 3.63) is 70.7 Å². The first-order chi connectivity index (χ1) is 20.4. The fourth-order valence-electron chi connectivity index (χ4n) is 5.49. The van der Waals surface area contributed by atoms with E-state index in [9.17, 15) is 18.0 Å². The number of aromatic nitrogens is 2. The van der Waals surface area contributed by atoms with E-state index in [0.717, 1.165) is 47.5 Å². The Morgan fingerprint density at radius 3 is 2.44 bits per heavy atom. The van der Waals surface area contributed by atoms with Crippen LogP contribution >= 0.6 is 0 Å². The summed E-state index contributed by atoms with van der Waals surface area (Å²) in [7, 11) is 7.27. The molecule has 1 saturated heterocycles. The predicted molar refractivity (Wildman–Crippen MR) is 161 cm³/mol. The minimum absolute atomic E-state index is 0.0376. The standard InChI is InChI=1S/C30H37F3N8O2/c1-18-7-8-20(13-26(18)41-17-25(36-37-41)23-16-34-39(5)19(23)2)29(42)35-24-14-21(30(31,32)33)15-27(28(24)43-6)40-11-9-22(10-12-40)38(3)4/h7-8,13-17,22,36-37H,9-12H2,1-6H3,(H,35,42). The van der Waals surface area contributed by atoms with Gasteiger partial charge in [0.05, 0.1) is 41.6 Å². The normalized spacial score (nSPS) is 16.0. The average Bonchev–Trinajstić information content (AvgIpc) is 3.58. The minimum atomic E-state index is -4.61. The molecule has 0 radical (unpaired) electrons. The Morgan fingerprint density at radius 2 is 1.84 bits per heavy atom. The molecule has 1 fully saturated rings. The van der Waals surface area contributed by atoms with Gasteiger partial charge in [-0.2, -0.15) is 18.3 Å². The second-order valence-electron chi connectivity index (χ2n) is 11.1. The smallest absolute Gasteiger partial charge is 0.416 e. The van der Waals surface area contributed by atoms with Crippen LogP contribution in [0.5, 0.6) is 5.75 Å². The fourth-order valence-corrected chi connectivity index (χ4v) is 5.49. The van der Waals surface area contributed by atoms with Crippen LogP contribution in [0.4, 0.5) is 30.2 Å². The Balaban J connectivity index is 1.44. The number of nitrogens with zero attached hydrogens (tertiary/aromatic N) is 5. The summed E-state index contributed by atoms with van der Waals surface area (Å²) in [5, 5.41) is 8.73. The number of ether oxygens (including phenoxy) is 1. The van der Waals surface area contributed by atoms with Crippen LogP contribution in [0.1, 0.15) is 45.6 Å². The van der Waals surface area contributed by atoms with Crippen LogP contribution in [0.15, 0.2) is 42.7 Å². The van der Waals surface area contributed by atoms with E-state index < -0.39 is 17.6 Å². The molecule has 1 aromatic heterocycles. The molecular formula is C30H37F3N8O2. The maximum Gasteiger partial charge on any atom is 0.416 e. The number of nitrogens with one attached hydrogen (secondary N) is 3. The van der Waals surface area contributed by atoms with Crippen LogP contribution in [-0.4, -0.2) is 60.9 Å². The number of hydrogen-bond donors (Lipinski definition) is 3. The zero-order chi connectivity index (χ0) is 31.1. The van der Waals surface area contributed by atoms with Gasteiger partial charge in [-0.3, -0.25) is 14.5 Å². The van der Waals surface area contributed by atoms with E-state index in [4.69, 9.17) is 4.74 Å². The van der Waals surface area contributed by atoms with Crippen molar-refractivity contribution < 1.29 is 22.7 Å². The lowest BCUT2D eigenvalue weighted by Crippen LogP contribution is -2.42. The Hall–Kier alpha value is -4.23. The highest BCUT2D eigenvalue weighted by Gasteiger charge is 2.34. The molecule has 3 N–H and O–H groups in total. The number of anilines is 3. The van der Waals surface area contributed by atoms with Crippen molar-refractivity contribution >= 4 is 28.7 Å². The number of piperidine rings is 1. The summed E-state index contributed by atoms with van der Waals surface area (Å²) in [5.74, 6) is -0.364. The molecule has 5 rings (SSSR count).